The molecule has 1 fully saturated rings. The quantitative estimate of drug-likeness (QED) is 0.0956. The van der Waals surface area contributed by atoms with E-state index in [0.717, 1.165) is 41.9 Å². The van der Waals surface area contributed by atoms with Gasteiger partial charge in [0.1, 0.15) is 0 Å². The second-order valence-electron chi connectivity index (χ2n) is 14.0. The number of sulfonamides is 1. The largest absolute Gasteiger partial charge is 0.392 e. The van der Waals surface area contributed by atoms with Gasteiger partial charge in [-0.2, -0.15) is 0 Å². The third kappa shape index (κ3) is 12.9. The molecule has 2 N–H and O–H groups in total. The number of aliphatic hydroxyl groups excluding tert-OH is 1. The van der Waals surface area contributed by atoms with Crippen molar-refractivity contribution in [3.63, 3.8) is 0 Å². The first kappa shape index (κ1) is 40.2. The van der Waals surface area contributed by atoms with E-state index in [-0.39, 0.29) is 36.2 Å². The molecule has 50 heavy (non-hydrogen) atoms. The first-order valence-corrected chi connectivity index (χ1v) is 20.7. The van der Waals surface area contributed by atoms with E-state index in [1.165, 1.54) is 77.0 Å². The van der Waals surface area contributed by atoms with Crippen molar-refractivity contribution in [1.29, 1.82) is 0 Å². The predicted octanol–water partition coefficient (Wildman–Crippen LogP) is 9.47. The topological polar surface area (TPSA) is 88.1 Å². The van der Waals surface area contributed by atoms with Crippen LogP contribution >= 0.6 is 0 Å². The van der Waals surface area contributed by atoms with Gasteiger partial charge in [-0.25, -0.2) is 13.1 Å². The first-order valence-electron chi connectivity index (χ1n) is 19.2. The average molecular weight is 707 g/mol. The van der Waals surface area contributed by atoms with Crippen LogP contribution in [-0.2, 0) is 32.6 Å². The molecule has 4 rings (SSSR count). The van der Waals surface area contributed by atoms with E-state index in [9.17, 15) is 13.5 Å². The lowest BCUT2D eigenvalue weighted by Gasteiger charge is -2.43. The van der Waals surface area contributed by atoms with Gasteiger partial charge in [-0.15, -0.1) is 0 Å². The highest BCUT2D eigenvalue weighted by atomic mass is 32.2. The lowest BCUT2D eigenvalue weighted by atomic mass is 9.90. The molecule has 3 aromatic carbocycles. The SMILES string of the molecule is CCCCCCCCN(CCCCCCCC)C[C@@H]1O[C@H](c2ccc(CNS(=O)(=O)c3ccccc3)cc2)O[C@H](c2ccc(CO)cc2)[C@@H]1C. The molecule has 1 aliphatic rings. The lowest BCUT2D eigenvalue weighted by Crippen LogP contribution is -2.45. The fourth-order valence-electron chi connectivity index (χ4n) is 6.76. The van der Waals surface area contributed by atoms with Crippen LogP contribution in [0.4, 0.5) is 0 Å². The van der Waals surface area contributed by atoms with Crippen LogP contribution in [0, 0.1) is 5.92 Å². The summed E-state index contributed by atoms with van der Waals surface area (Å²) >= 11 is 0. The monoisotopic (exact) mass is 706 g/mol. The number of rotatable bonds is 23. The maximum atomic E-state index is 12.8. The highest BCUT2D eigenvalue weighted by Gasteiger charge is 2.39. The number of hydrogen-bond donors (Lipinski definition) is 2. The van der Waals surface area contributed by atoms with E-state index in [0.29, 0.717) is 0 Å². The highest BCUT2D eigenvalue weighted by Crippen LogP contribution is 2.42. The summed E-state index contributed by atoms with van der Waals surface area (Å²) in [6.07, 6.45) is 14.6. The van der Waals surface area contributed by atoms with Crippen molar-refractivity contribution in [3.8, 4) is 0 Å². The molecule has 0 saturated carbocycles. The van der Waals surface area contributed by atoms with Crippen LogP contribution in [0.15, 0.2) is 83.8 Å². The molecule has 4 atom stereocenters. The Balaban J connectivity index is 1.48. The predicted molar refractivity (Wildman–Crippen MR) is 203 cm³/mol. The van der Waals surface area contributed by atoms with Crippen molar-refractivity contribution >= 4 is 10.0 Å². The molecule has 0 radical (unpaired) electrons. The summed E-state index contributed by atoms with van der Waals surface area (Å²) < 4.78 is 41.8. The number of aliphatic hydroxyl groups is 1. The van der Waals surface area contributed by atoms with Crippen molar-refractivity contribution in [3.05, 3.63) is 101 Å². The first-order chi connectivity index (χ1) is 24.3. The van der Waals surface area contributed by atoms with Crippen LogP contribution in [0.2, 0.25) is 0 Å². The smallest absolute Gasteiger partial charge is 0.240 e. The summed E-state index contributed by atoms with van der Waals surface area (Å²) in [6.45, 7) is 10.0. The van der Waals surface area contributed by atoms with Gasteiger partial charge in [0.25, 0.3) is 0 Å². The zero-order chi connectivity index (χ0) is 35.6. The number of hydrogen-bond acceptors (Lipinski definition) is 6. The maximum Gasteiger partial charge on any atom is 0.240 e. The summed E-state index contributed by atoms with van der Waals surface area (Å²) in [6, 6.07) is 24.4. The third-order valence-corrected chi connectivity index (χ3v) is 11.4. The third-order valence-electron chi connectivity index (χ3n) is 9.99. The summed E-state index contributed by atoms with van der Waals surface area (Å²) in [4.78, 5) is 2.89. The van der Waals surface area contributed by atoms with Crippen LogP contribution in [-0.4, -0.2) is 44.2 Å². The van der Waals surface area contributed by atoms with Gasteiger partial charge in [-0.05, 0) is 54.8 Å². The summed E-state index contributed by atoms with van der Waals surface area (Å²) in [5.74, 6) is 0.120. The van der Waals surface area contributed by atoms with Crippen LogP contribution in [0.3, 0.4) is 0 Å². The maximum absolute atomic E-state index is 12.8. The average Bonchev–Trinajstić information content (AvgIpc) is 3.15. The molecular weight excluding hydrogens is 645 g/mol. The number of nitrogens with zero attached hydrogens (tertiary/aromatic N) is 1. The van der Waals surface area contributed by atoms with E-state index in [2.05, 4.69) is 42.5 Å². The Morgan fingerprint density at radius 3 is 1.80 bits per heavy atom. The molecule has 8 heteroatoms. The van der Waals surface area contributed by atoms with Crippen LogP contribution in [0.25, 0.3) is 0 Å². The van der Waals surface area contributed by atoms with Crippen LogP contribution in [0.5, 0.6) is 0 Å². The molecule has 3 aromatic rings. The molecule has 0 aromatic heterocycles. The summed E-state index contributed by atoms with van der Waals surface area (Å²) in [5.41, 5.74) is 3.73. The minimum Gasteiger partial charge on any atom is -0.392 e. The van der Waals surface area contributed by atoms with Gasteiger partial charge in [0.15, 0.2) is 6.29 Å². The van der Waals surface area contributed by atoms with Gasteiger partial charge in [0, 0.05) is 24.6 Å². The van der Waals surface area contributed by atoms with Gasteiger partial charge >= 0.3 is 0 Å². The van der Waals surface area contributed by atoms with Gasteiger partial charge in [0.2, 0.25) is 10.0 Å². The van der Waals surface area contributed by atoms with E-state index in [4.69, 9.17) is 9.47 Å². The normalized spacial score (nSPS) is 19.6. The van der Waals surface area contributed by atoms with E-state index in [1.54, 1.807) is 30.3 Å². The molecule has 0 bridgehead atoms. The minimum atomic E-state index is -3.60. The van der Waals surface area contributed by atoms with Crippen molar-refractivity contribution in [1.82, 2.24) is 9.62 Å². The Morgan fingerprint density at radius 2 is 1.22 bits per heavy atom. The van der Waals surface area contributed by atoms with Crippen LogP contribution in [0.1, 0.15) is 132 Å². The second kappa shape index (κ2) is 21.7. The molecule has 0 amide bonds. The molecular formula is C42H62N2O5S. The number of ether oxygens (including phenoxy) is 2. The molecule has 7 nitrogen and oxygen atoms in total. The zero-order valence-corrected chi connectivity index (χ0v) is 31.6. The Labute approximate surface area is 302 Å². The van der Waals surface area contributed by atoms with Crippen molar-refractivity contribution in [2.75, 3.05) is 19.6 Å². The van der Waals surface area contributed by atoms with Crippen molar-refractivity contribution in [2.24, 2.45) is 5.92 Å². The summed E-state index contributed by atoms with van der Waals surface area (Å²) in [7, 11) is -3.60. The van der Waals surface area contributed by atoms with Crippen molar-refractivity contribution < 1.29 is 23.0 Å². The standard InChI is InChI=1S/C42H62N2O5S/c1-4-6-8-10-12-17-29-44(30-18-13-11-9-7-5-2)32-40-34(3)41(37-25-23-36(33-45)24-26-37)49-42(48-40)38-27-21-35(22-28-38)31-43-50(46,47)39-19-15-14-16-20-39/h14-16,19-28,34,40-43,45H,4-13,17-18,29-33H2,1-3H3/t34-,40+,41+,42+/m1/s1. The molecule has 0 aliphatic carbocycles. The molecule has 0 spiro atoms. The van der Waals surface area contributed by atoms with E-state index >= 15 is 0 Å². The Bertz CT molecular complexity index is 1430. The lowest BCUT2D eigenvalue weighted by molar-refractivity contribution is -0.276. The molecule has 1 aliphatic heterocycles. The van der Waals surface area contributed by atoms with Crippen LogP contribution < -0.4 is 4.72 Å². The zero-order valence-electron chi connectivity index (χ0n) is 30.8. The Morgan fingerprint density at radius 1 is 0.680 bits per heavy atom. The van der Waals surface area contributed by atoms with Gasteiger partial charge in [-0.3, -0.25) is 0 Å². The summed E-state index contributed by atoms with van der Waals surface area (Å²) in [5, 5.41) is 9.65. The van der Waals surface area contributed by atoms with Gasteiger partial charge in [-0.1, -0.05) is 152 Å². The number of unbranched alkanes of at least 4 members (excludes halogenated alkanes) is 10. The van der Waals surface area contributed by atoms with Gasteiger partial charge in [0.05, 0.1) is 23.7 Å². The van der Waals surface area contributed by atoms with Gasteiger partial charge < -0.3 is 19.5 Å². The molecule has 276 valence electrons. The van der Waals surface area contributed by atoms with E-state index in [1.807, 2.05) is 36.4 Å². The Hall–Kier alpha value is -2.59. The second-order valence-corrected chi connectivity index (χ2v) is 15.8. The Kier molecular flexibility index (Phi) is 17.4. The minimum absolute atomic E-state index is 0.00935. The molecule has 1 heterocycles. The number of benzene rings is 3. The fourth-order valence-corrected chi connectivity index (χ4v) is 7.80. The molecule has 1 saturated heterocycles. The highest BCUT2D eigenvalue weighted by molar-refractivity contribution is 7.89. The fraction of sp³-hybridized carbons (Fsp3) is 0.571. The number of nitrogens with one attached hydrogen (secondary N) is 1. The van der Waals surface area contributed by atoms with Crippen molar-refractivity contribution in [2.45, 2.75) is 134 Å². The van der Waals surface area contributed by atoms with E-state index < -0.39 is 16.3 Å². The molecule has 0 unspecified atom stereocenters.